The molecule has 2 nitrogen and oxygen atoms in total. The highest BCUT2D eigenvalue weighted by Crippen LogP contribution is 2.06. The monoisotopic (exact) mass is 200 g/mol. The SMILES string of the molecule is C=CCOC(=O)C=C.F[B-](F)(F)F.[H+]. The Hall–Kier alpha value is -1.27. The number of hydrogen-bond donors (Lipinski definition) is 0. The summed E-state index contributed by atoms with van der Waals surface area (Å²) >= 11 is 0. The minimum absolute atomic E-state index is 0. The summed E-state index contributed by atoms with van der Waals surface area (Å²) in [4.78, 5) is 10.2. The van der Waals surface area contributed by atoms with Crippen molar-refractivity contribution in [3.63, 3.8) is 0 Å². The third-order valence-corrected chi connectivity index (χ3v) is 0.510. The van der Waals surface area contributed by atoms with E-state index in [1.54, 1.807) is 0 Å². The van der Waals surface area contributed by atoms with E-state index < -0.39 is 13.2 Å². The molecular weight excluding hydrogens is 191 g/mol. The number of halogens is 4. The molecule has 0 aliphatic heterocycles. The molecule has 0 aliphatic rings. The van der Waals surface area contributed by atoms with E-state index in [0.717, 1.165) is 6.08 Å². The van der Waals surface area contributed by atoms with Gasteiger partial charge in [0.2, 0.25) is 0 Å². The lowest BCUT2D eigenvalue weighted by Gasteiger charge is -1.94. The maximum Gasteiger partial charge on any atom is 1.00 e. The zero-order valence-corrected chi connectivity index (χ0v) is 6.68. The van der Waals surface area contributed by atoms with Gasteiger partial charge in [0.25, 0.3) is 0 Å². The highest BCUT2D eigenvalue weighted by atomic mass is 19.5. The molecule has 0 fully saturated rings. The number of carbonyl (C=O) groups excluding carboxylic acids is 1. The van der Waals surface area contributed by atoms with Crippen molar-refractivity contribution in [2.24, 2.45) is 0 Å². The second-order valence-electron chi connectivity index (χ2n) is 1.62. The highest BCUT2D eigenvalue weighted by Gasteiger charge is 2.20. The van der Waals surface area contributed by atoms with Crippen LogP contribution in [0.15, 0.2) is 25.3 Å². The first-order valence-corrected chi connectivity index (χ1v) is 3.08. The molecule has 0 radical (unpaired) electrons. The smallest absolute Gasteiger partial charge is 0.458 e. The Morgan fingerprint density at radius 2 is 1.77 bits per heavy atom. The van der Waals surface area contributed by atoms with Gasteiger partial charge in [0.1, 0.15) is 6.61 Å². The molecule has 0 aliphatic carbocycles. The molecule has 0 N–H and O–H groups in total. The van der Waals surface area contributed by atoms with E-state index in [-0.39, 0.29) is 8.03 Å². The summed E-state index contributed by atoms with van der Waals surface area (Å²) in [5.74, 6) is -0.412. The minimum Gasteiger partial charge on any atom is -0.458 e. The summed E-state index contributed by atoms with van der Waals surface area (Å²) in [5, 5.41) is 0. The van der Waals surface area contributed by atoms with Gasteiger partial charge in [-0.1, -0.05) is 19.2 Å². The summed E-state index contributed by atoms with van der Waals surface area (Å²) in [5.41, 5.74) is 0. The quantitative estimate of drug-likeness (QED) is 0.229. The van der Waals surface area contributed by atoms with E-state index in [2.05, 4.69) is 17.9 Å². The van der Waals surface area contributed by atoms with Crippen LogP contribution in [0.3, 0.4) is 0 Å². The maximum absolute atomic E-state index is 10.2. The van der Waals surface area contributed by atoms with Gasteiger partial charge in [-0.05, 0) is 0 Å². The summed E-state index contributed by atoms with van der Waals surface area (Å²) in [6.45, 7) is 6.81. The van der Waals surface area contributed by atoms with Crippen LogP contribution in [0.1, 0.15) is 1.43 Å². The summed E-state index contributed by atoms with van der Waals surface area (Å²) < 4.78 is 43.5. The normalized spacial score (nSPS) is 9.23. The lowest BCUT2D eigenvalue weighted by molar-refractivity contribution is -0.136. The molecule has 0 aromatic rings. The van der Waals surface area contributed by atoms with Crippen LogP contribution in [0, 0.1) is 0 Å². The van der Waals surface area contributed by atoms with Crippen LogP contribution in [-0.2, 0) is 9.53 Å². The molecule has 76 valence electrons. The molecule has 0 aromatic carbocycles. The molecule has 0 spiro atoms. The van der Waals surface area contributed by atoms with Gasteiger partial charge in [-0.15, -0.1) is 0 Å². The molecule has 0 amide bonds. The van der Waals surface area contributed by atoms with Crippen molar-refractivity contribution in [2.45, 2.75) is 0 Å². The molecule has 13 heavy (non-hydrogen) atoms. The van der Waals surface area contributed by atoms with Gasteiger partial charge in [0.05, 0.1) is 0 Å². The molecule has 0 bridgehead atoms. The Morgan fingerprint density at radius 3 is 2.00 bits per heavy atom. The standard InChI is InChI=1S/C6H8O2.BF4/c1-3-5-8-6(7)4-2;2-1(3,4)5/h3-4H,1-2,5H2;/q;-1/p+1. The van der Waals surface area contributed by atoms with Gasteiger partial charge in [-0.25, -0.2) is 4.79 Å². The van der Waals surface area contributed by atoms with Crippen LogP contribution in [0.2, 0.25) is 0 Å². The van der Waals surface area contributed by atoms with E-state index in [1.165, 1.54) is 6.08 Å². The molecule has 0 heterocycles. The van der Waals surface area contributed by atoms with Crippen LogP contribution < -0.4 is 0 Å². The van der Waals surface area contributed by atoms with Crippen LogP contribution >= 0.6 is 0 Å². The summed E-state index contributed by atoms with van der Waals surface area (Å²) in [6, 6.07) is 0. The molecule has 0 aromatic heterocycles. The number of esters is 1. The van der Waals surface area contributed by atoms with E-state index in [0.29, 0.717) is 0 Å². The lowest BCUT2D eigenvalue weighted by atomic mass is 10.3. The van der Waals surface area contributed by atoms with Crippen molar-refractivity contribution >= 4 is 13.2 Å². The maximum atomic E-state index is 10.2. The summed E-state index contributed by atoms with van der Waals surface area (Å²) in [6.07, 6.45) is 2.62. The molecule has 0 unspecified atom stereocenters. The van der Waals surface area contributed by atoms with Crippen molar-refractivity contribution < 1.29 is 28.2 Å². The predicted molar refractivity (Wildman–Crippen MR) is 42.7 cm³/mol. The number of rotatable bonds is 3. The molecule has 0 saturated heterocycles. The van der Waals surface area contributed by atoms with E-state index in [9.17, 15) is 22.1 Å². The van der Waals surface area contributed by atoms with Crippen LogP contribution in [0.4, 0.5) is 17.3 Å². The van der Waals surface area contributed by atoms with Gasteiger partial charge < -0.3 is 22.0 Å². The number of hydrogen-bond acceptors (Lipinski definition) is 2. The van der Waals surface area contributed by atoms with Crippen LogP contribution in [0.25, 0.3) is 0 Å². The van der Waals surface area contributed by atoms with Crippen molar-refractivity contribution in [3.8, 4) is 0 Å². The Morgan fingerprint density at radius 1 is 1.38 bits per heavy atom. The van der Waals surface area contributed by atoms with Crippen molar-refractivity contribution in [2.75, 3.05) is 6.61 Å². The zero-order chi connectivity index (χ0) is 10.9. The Labute approximate surface area is 74.5 Å². The molecule has 0 saturated carbocycles. The Kier molecular flexibility index (Phi) is 8.11. The van der Waals surface area contributed by atoms with Crippen LogP contribution in [0.5, 0.6) is 0 Å². The van der Waals surface area contributed by atoms with Gasteiger partial charge in [-0.2, -0.15) is 0 Å². The van der Waals surface area contributed by atoms with E-state index in [1.807, 2.05) is 0 Å². The highest BCUT2D eigenvalue weighted by molar-refractivity contribution is 6.50. The first-order chi connectivity index (χ1) is 5.81. The van der Waals surface area contributed by atoms with E-state index in [4.69, 9.17) is 0 Å². The van der Waals surface area contributed by atoms with Crippen molar-refractivity contribution in [1.82, 2.24) is 0 Å². The fraction of sp³-hybridized carbons (Fsp3) is 0.167. The fourth-order valence-electron chi connectivity index (χ4n) is 0.200. The predicted octanol–water partition coefficient (Wildman–Crippen LogP) is 2.31. The van der Waals surface area contributed by atoms with Gasteiger partial charge in [-0.3, -0.25) is 0 Å². The molecule has 7 heteroatoms. The largest absolute Gasteiger partial charge is 1.00 e. The Bertz CT molecular complexity index is 177. The third kappa shape index (κ3) is 36.5. The zero-order valence-electron chi connectivity index (χ0n) is 7.68. The van der Waals surface area contributed by atoms with Gasteiger partial charge >= 0.3 is 14.7 Å². The van der Waals surface area contributed by atoms with Gasteiger partial charge in [0, 0.05) is 6.08 Å². The van der Waals surface area contributed by atoms with Crippen LogP contribution in [-0.4, -0.2) is 19.8 Å². The van der Waals surface area contributed by atoms with Crippen molar-refractivity contribution in [3.05, 3.63) is 25.3 Å². The average molecular weight is 200 g/mol. The Balaban J connectivity index is -0.000000177. The first-order valence-electron chi connectivity index (χ1n) is 3.08. The third-order valence-electron chi connectivity index (χ3n) is 0.510. The topological polar surface area (TPSA) is 26.3 Å². The molecule has 0 rings (SSSR count). The average Bonchev–Trinajstić information content (AvgIpc) is 1.97. The molecule has 0 atom stereocenters. The molecular formula is C6H9BF4O2. The fourth-order valence-corrected chi connectivity index (χ4v) is 0.200. The second kappa shape index (κ2) is 7.39. The lowest BCUT2D eigenvalue weighted by Crippen LogP contribution is -2.02. The summed E-state index contributed by atoms with van der Waals surface area (Å²) in [7, 11) is -6.00. The first kappa shape index (κ1) is 14.3. The van der Waals surface area contributed by atoms with Gasteiger partial charge in [0.15, 0.2) is 0 Å². The second-order valence-corrected chi connectivity index (χ2v) is 1.62. The van der Waals surface area contributed by atoms with E-state index >= 15 is 0 Å². The number of ether oxygens (including phenoxy) is 1. The number of carbonyl (C=O) groups is 1. The minimum atomic E-state index is -6.00. The van der Waals surface area contributed by atoms with Crippen molar-refractivity contribution in [1.29, 1.82) is 0 Å².